The van der Waals surface area contributed by atoms with Crippen molar-refractivity contribution >= 4 is 5.96 Å². The molecule has 0 aliphatic heterocycles. The molecule has 22 heavy (non-hydrogen) atoms. The lowest BCUT2D eigenvalue weighted by Crippen LogP contribution is -2.40. The Labute approximate surface area is 127 Å². The lowest BCUT2D eigenvalue weighted by Gasteiger charge is -2.13. The summed E-state index contributed by atoms with van der Waals surface area (Å²) >= 11 is 0. The third-order valence-corrected chi connectivity index (χ3v) is 2.57. The first-order valence-electron chi connectivity index (χ1n) is 6.64. The summed E-state index contributed by atoms with van der Waals surface area (Å²) in [6.07, 6.45) is -4.35. The first kappa shape index (κ1) is 18.1. The smallest absolute Gasteiger partial charge is 0.422 e. The highest BCUT2D eigenvalue weighted by molar-refractivity contribution is 5.78. The van der Waals surface area contributed by atoms with Crippen LogP contribution in [0.4, 0.5) is 13.2 Å². The molecule has 0 amide bonds. The molecule has 1 unspecified atom stereocenters. The Hall–Kier alpha value is -1.96. The fourth-order valence-corrected chi connectivity index (χ4v) is 1.62. The second-order valence-electron chi connectivity index (χ2n) is 4.75. The van der Waals surface area contributed by atoms with E-state index in [0.717, 1.165) is 5.56 Å². The van der Waals surface area contributed by atoms with Crippen LogP contribution in [0.5, 0.6) is 5.75 Å². The van der Waals surface area contributed by atoms with Crippen LogP contribution in [-0.2, 0) is 11.3 Å². The summed E-state index contributed by atoms with van der Waals surface area (Å²) in [4.78, 5) is 4.14. The summed E-state index contributed by atoms with van der Waals surface area (Å²) in [6.45, 7) is 1.41. The minimum atomic E-state index is -4.35. The fourth-order valence-electron chi connectivity index (χ4n) is 1.62. The van der Waals surface area contributed by atoms with E-state index in [2.05, 4.69) is 15.0 Å². The monoisotopic (exact) mass is 319 g/mol. The lowest BCUT2D eigenvalue weighted by molar-refractivity contribution is -0.153. The minimum Gasteiger partial charge on any atom is -0.484 e. The first-order valence-corrected chi connectivity index (χ1v) is 6.64. The Morgan fingerprint density at radius 1 is 1.32 bits per heavy atom. The number of halogens is 3. The molecule has 1 aromatic carbocycles. The van der Waals surface area contributed by atoms with Crippen LogP contribution in [0.2, 0.25) is 0 Å². The SMILES string of the molecule is COCC(C)NC(N)=NCc1ccc(OCC(F)(F)F)cc1. The molecule has 0 aliphatic carbocycles. The zero-order valence-corrected chi connectivity index (χ0v) is 12.5. The highest BCUT2D eigenvalue weighted by atomic mass is 19.4. The average molecular weight is 319 g/mol. The van der Waals surface area contributed by atoms with E-state index in [1.54, 1.807) is 19.2 Å². The Bertz CT molecular complexity index is 475. The van der Waals surface area contributed by atoms with Crippen LogP contribution in [0, 0.1) is 0 Å². The summed E-state index contributed by atoms with van der Waals surface area (Å²) in [6, 6.07) is 6.25. The van der Waals surface area contributed by atoms with Crippen molar-refractivity contribution in [2.75, 3.05) is 20.3 Å². The standard InChI is InChI=1S/C14H20F3N3O2/c1-10(8-21-2)20-13(18)19-7-11-3-5-12(6-4-11)22-9-14(15,16)17/h3-6,10H,7-9H2,1-2H3,(H3,18,19,20). The van der Waals surface area contributed by atoms with Crippen LogP contribution in [0.25, 0.3) is 0 Å². The second-order valence-corrected chi connectivity index (χ2v) is 4.75. The van der Waals surface area contributed by atoms with Gasteiger partial charge in [-0.2, -0.15) is 13.2 Å². The number of rotatable bonds is 7. The number of nitrogens with one attached hydrogen (secondary N) is 1. The van der Waals surface area contributed by atoms with E-state index in [1.165, 1.54) is 12.1 Å². The molecule has 3 N–H and O–H groups in total. The van der Waals surface area contributed by atoms with Crippen molar-refractivity contribution in [2.24, 2.45) is 10.7 Å². The Balaban J connectivity index is 2.47. The number of methoxy groups -OCH3 is 1. The van der Waals surface area contributed by atoms with E-state index in [0.29, 0.717) is 13.2 Å². The number of benzene rings is 1. The number of hydrogen-bond donors (Lipinski definition) is 2. The normalized spacial score (nSPS) is 13.8. The van der Waals surface area contributed by atoms with Gasteiger partial charge in [0.2, 0.25) is 0 Å². The zero-order chi connectivity index (χ0) is 16.6. The van der Waals surface area contributed by atoms with Gasteiger partial charge in [-0.05, 0) is 24.6 Å². The topological polar surface area (TPSA) is 68.9 Å². The molecule has 0 spiro atoms. The number of nitrogens with two attached hydrogens (primary N) is 1. The molecular formula is C14H20F3N3O2. The molecule has 0 heterocycles. The number of ether oxygens (including phenoxy) is 2. The molecule has 0 aromatic heterocycles. The van der Waals surface area contributed by atoms with Crippen molar-refractivity contribution < 1.29 is 22.6 Å². The largest absolute Gasteiger partial charge is 0.484 e. The molecule has 1 atom stereocenters. The van der Waals surface area contributed by atoms with E-state index < -0.39 is 12.8 Å². The molecule has 0 radical (unpaired) electrons. The minimum absolute atomic E-state index is 0.0342. The molecular weight excluding hydrogens is 299 g/mol. The van der Waals surface area contributed by atoms with Crippen molar-refractivity contribution in [2.45, 2.75) is 25.7 Å². The first-order chi connectivity index (χ1) is 10.3. The number of nitrogens with zero attached hydrogens (tertiary/aromatic N) is 1. The summed E-state index contributed by atoms with van der Waals surface area (Å²) in [5, 5.41) is 2.95. The van der Waals surface area contributed by atoms with Crippen molar-refractivity contribution in [3.8, 4) is 5.75 Å². The predicted molar refractivity (Wildman–Crippen MR) is 77.8 cm³/mol. The van der Waals surface area contributed by atoms with Gasteiger partial charge in [0.25, 0.3) is 0 Å². The number of hydrogen-bond acceptors (Lipinski definition) is 3. The van der Waals surface area contributed by atoms with Crippen molar-refractivity contribution in [3.05, 3.63) is 29.8 Å². The fraction of sp³-hybridized carbons (Fsp3) is 0.500. The maximum atomic E-state index is 12.0. The van der Waals surface area contributed by atoms with E-state index in [-0.39, 0.29) is 17.8 Å². The van der Waals surface area contributed by atoms with Gasteiger partial charge in [0.1, 0.15) is 5.75 Å². The molecule has 5 nitrogen and oxygen atoms in total. The summed E-state index contributed by atoms with van der Waals surface area (Å²) < 4.78 is 45.6. The van der Waals surface area contributed by atoms with Crippen LogP contribution in [0.15, 0.2) is 29.3 Å². The van der Waals surface area contributed by atoms with Gasteiger partial charge in [-0.1, -0.05) is 12.1 Å². The maximum Gasteiger partial charge on any atom is 0.422 e. The Morgan fingerprint density at radius 2 is 1.95 bits per heavy atom. The van der Waals surface area contributed by atoms with Gasteiger partial charge in [0.15, 0.2) is 12.6 Å². The summed E-state index contributed by atoms with van der Waals surface area (Å²) in [5.74, 6) is 0.437. The van der Waals surface area contributed by atoms with E-state index in [1.807, 2.05) is 6.92 Å². The van der Waals surface area contributed by atoms with Gasteiger partial charge in [-0.3, -0.25) is 0 Å². The van der Waals surface area contributed by atoms with Gasteiger partial charge in [0, 0.05) is 13.2 Å². The van der Waals surface area contributed by atoms with Crippen molar-refractivity contribution in [1.82, 2.24) is 5.32 Å². The van der Waals surface area contributed by atoms with Crippen LogP contribution in [0.3, 0.4) is 0 Å². The van der Waals surface area contributed by atoms with Gasteiger partial charge in [0.05, 0.1) is 13.2 Å². The van der Waals surface area contributed by atoms with Crippen LogP contribution in [-0.4, -0.2) is 38.5 Å². The molecule has 124 valence electrons. The number of alkyl halides is 3. The van der Waals surface area contributed by atoms with Gasteiger partial charge >= 0.3 is 6.18 Å². The third-order valence-electron chi connectivity index (χ3n) is 2.57. The van der Waals surface area contributed by atoms with Gasteiger partial charge in [-0.25, -0.2) is 4.99 Å². The van der Waals surface area contributed by atoms with E-state index >= 15 is 0 Å². The molecule has 0 saturated carbocycles. The second kappa shape index (κ2) is 8.47. The Kier molecular flexibility index (Phi) is 6.97. The zero-order valence-electron chi connectivity index (χ0n) is 12.5. The van der Waals surface area contributed by atoms with Gasteiger partial charge < -0.3 is 20.5 Å². The van der Waals surface area contributed by atoms with Crippen LogP contribution >= 0.6 is 0 Å². The predicted octanol–water partition coefficient (Wildman–Crippen LogP) is 2.07. The third kappa shape index (κ3) is 7.72. The average Bonchev–Trinajstić information content (AvgIpc) is 2.43. The maximum absolute atomic E-state index is 12.0. The van der Waals surface area contributed by atoms with Crippen LogP contribution < -0.4 is 15.8 Å². The highest BCUT2D eigenvalue weighted by Gasteiger charge is 2.28. The molecule has 0 aliphatic rings. The van der Waals surface area contributed by atoms with E-state index in [9.17, 15) is 13.2 Å². The molecule has 8 heteroatoms. The van der Waals surface area contributed by atoms with Crippen molar-refractivity contribution in [1.29, 1.82) is 0 Å². The van der Waals surface area contributed by atoms with Crippen molar-refractivity contribution in [3.63, 3.8) is 0 Å². The molecule has 0 saturated heterocycles. The lowest BCUT2D eigenvalue weighted by atomic mass is 10.2. The molecule has 0 bridgehead atoms. The number of guanidine groups is 1. The van der Waals surface area contributed by atoms with Gasteiger partial charge in [-0.15, -0.1) is 0 Å². The molecule has 0 fully saturated rings. The summed E-state index contributed by atoms with van der Waals surface area (Å²) in [7, 11) is 1.59. The van der Waals surface area contributed by atoms with E-state index in [4.69, 9.17) is 10.5 Å². The summed E-state index contributed by atoms with van der Waals surface area (Å²) in [5.41, 5.74) is 6.52. The quantitative estimate of drug-likeness (QED) is 0.596. The highest BCUT2D eigenvalue weighted by Crippen LogP contribution is 2.19. The Morgan fingerprint density at radius 3 is 2.50 bits per heavy atom. The number of aliphatic imine (C=N–C) groups is 1. The molecule has 1 rings (SSSR count). The molecule has 1 aromatic rings. The van der Waals surface area contributed by atoms with Crippen LogP contribution in [0.1, 0.15) is 12.5 Å².